The highest BCUT2D eigenvalue weighted by Crippen LogP contribution is 2.25. The van der Waals surface area contributed by atoms with Crippen LogP contribution in [0, 0.1) is 13.8 Å². The summed E-state index contributed by atoms with van der Waals surface area (Å²) in [7, 11) is 0. The summed E-state index contributed by atoms with van der Waals surface area (Å²) in [6.45, 7) is 4.55. The van der Waals surface area contributed by atoms with E-state index in [9.17, 15) is 0 Å². The summed E-state index contributed by atoms with van der Waals surface area (Å²) >= 11 is 7.05. The van der Waals surface area contributed by atoms with Crippen molar-refractivity contribution >= 4 is 31.9 Å². The van der Waals surface area contributed by atoms with E-state index in [0.29, 0.717) is 6.54 Å². The van der Waals surface area contributed by atoms with Gasteiger partial charge in [-0.25, -0.2) is 4.68 Å². The lowest BCUT2D eigenvalue weighted by Gasteiger charge is -2.07. The van der Waals surface area contributed by atoms with Crippen molar-refractivity contribution in [1.29, 1.82) is 0 Å². The van der Waals surface area contributed by atoms with Crippen LogP contribution in [0.25, 0.3) is 5.69 Å². The van der Waals surface area contributed by atoms with Crippen LogP contribution >= 0.6 is 31.9 Å². The van der Waals surface area contributed by atoms with Crippen LogP contribution in [-0.2, 0) is 6.54 Å². The minimum Gasteiger partial charge on any atom is -0.326 e. The Morgan fingerprint density at radius 1 is 1.29 bits per heavy atom. The molecule has 90 valence electrons. The number of hydrogen-bond donors (Lipinski definition) is 1. The zero-order chi connectivity index (χ0) is 12.6. The second-order valence-corrected chi connectivity index (χ2v) is 5.52. The summed E-state index contributed by atoms with van der Waals surface area (Å²) in [5.74, 6) is 0. The zero-order valence-electron chi connectivity index (χ0n) is 9.67. The summed E-state index contributed by atoms with van der Waals surface area (Å²) in [5.41, 5.74) is 9.84. The Hall–Kier alpha value is -0.650. The van der Waals surface area contributed by atoms with Crippen LogP contribution in [0.4, 0.5) is 0 Å². The van der Waals surface area contributed by atoms with E-state index in [1.54, 1.807) is 0 Å². The van der Waals surface area contributed by atoms with E-state index in [1.807, 2.05) is 36.7 Å². The molecule has 2 rings (SSSR count). The molecule has 0 unspecified atom stereocenters. The fourth-order valence-electron chi connectivity index (χ4n) is 1.71. The Morgan fingerprint density at radius 3 is 2.47 bits per heavy atom. The van der Waals surface area contributed by atoms with Gasteiger partial charge in [-0.15, -0.1) is 0 Å². The van der Waals surface area contributed by atoms with Crippen molar-refractivity contribution in [3.05, 3.63) is 44.1 Å². The van der Waals surface area contributed by atoms with Crippen molar-refractivity contribution in [3.8, 4) is 5.69 Å². The number of halogens is 2. The molecule has 0 fully saturated rings. The first kappa shape index (κ1) is 12.8. The number of aryl methyl sites for hydroxylation is 1. The maximum Gasteiger partial charge on any atom is 0.0743 e. The second kappa shape index (κ2) is 4.92. The van der Waals surface area contributed by atoms with Crippen LogP contribution in [-0.4, -0.2) is 9.78 Å². The first-order valence-electron chi connectivity index (χ1n) is 5.25. The van der Waals surface area contributed by atoms with E-state index < -0.39 is 0 Å². The van der Waals surface area contributed by atoms with Crippen LogP contribution in [0.15, 0.2) is 27.1 Å². The minimum atomic E-state index is 0.529. The maximum absolute atomic E-state index is 5.64. The molecular formula is C12H13Br2N3. The highest BCUT2D eigenvalue weighted by atomic mass is 79.9. The van der Waals surface area contributed by atoms with Gasteiger partial charge in [0.2, 0.25) is 0 Å². The topological polar surface area (TPSA) is 43.8 Å². The molecular weight excluding hydrogens is 346 g/mol. The fraction of sp³-hybridized carbons (Fsp3) is 0.250. The van der Waals surface area contributed by atoms with Gasteiger partial charge >= 0.3 is 0 Å². The largest absolute Gasteiger partial charge is 0.326 e. The van der Waals surface area contributed by atoms with Crippen LogP contribution in [0.5, 0.6) is 0 Å². The molecule has 0 saturated heterocycles. The highest BCUT2D eigenvalue weighted by Gasteiger charge is 2.11. The van der Waals surface area contributed by atoms with E-state index in [-0.39, 0.29) is 0 Å². The van der Waals surface area contributed by atoms with Crippen LogP contribution in [0.3, 0.4) is 0 Å². The molecule has 2 N–H and O–H groups in total. The van der Waals surface area contributed by atoms with Crippen LogP contribution in [0.2, 0.25) is 0 Å². The molecule has 0 aliphatic rings. The van der Waals surface area contributed by atoms with Crippen molar-refractivity contribution in [2.24, 2.45) is 5.73 Å². The summed E-state index contributed by atoms with van der Waals surface area (Å²) in [6, 6.07) is 6.08. The third kappa shape index (κ3) is 2.32. The predicted molar refractivity (Wildman–Crippen MR) is 76.3 cm³/mol. The first-order chi connectivity index (χ1) is 8.04. The van der Waals surface area contributed by atoms with Gasteiger partial charge in [-0.05, 0) is 47.5 Å². The Balaban J connectivity index is 2.53. The first-order valence-corrected chi connectivity index (χ1v) is 6.83. The van der Waals surface area contributed by atoms with Crippen molar-refractivity contribution in [2.45, 2.75) is 20.4 Å². The van der Waals surface area contributed by atoms with Gasteiger partial charge in [-0.3, -0.25) is 0 Å². The number of rotatable bonds is 2. The number of hydrogen-bond acceptors (Lipinski definition) is 2. The van der Waals surface area contributed by atoms with Crippen LogP contribution < -0.4 is 5.73 Å². The van der Waals surface area contributed by atoms with E-state index in [2.05, 4.69) is 37.0 Å². The van der Waals surface area contributed by atoms with Gasteiger partial charge in [0.15, 0.2) is 0 Å². The lowest BCUT2D eigenvalue weighted by atomic mass is 10.2. The molecule has 0 amide bonds. The second-order valence-electron chi connectivity index (χ2n) is 3.88. The molecule has 2 aromatic rings. The van der Waals surface area contributed by atoms with Gasteiger partial charge < -0.3 is 5.73 Å². The van der Waals surface area contributed by atoms with Crippen molar-refractivity contribution in [1.82, 2.24) is 9.78 Å². The summed E-state index contributed by atoms with van der Waals surface area (Å²) in [5, 5.41) is 4.49. The number of benzene rings is 1. The van der Waals surface area contributed by atoms with E-state index in [0.717, 1.165) is 31.6 Å². The van der Waals surface area contributed by atoms with Crippen molar-refractivity contribution in [2.75, 3.05) is 0 Å². The zero-order valence-corrected chi connectivity index (χ0v) is 12.8. The molecule has 0 atom stereocenters. The molecule has 3 nitrogen and oxygen atoms in total. The van der Waals surface area contributed by atoms with Gasteiger partial charge in [0, 0.05) is 11.0 Å². The molecule has 5 heteroatoms. The highest BCUT2D eigenvalue weighted by molar-refractivity contribution is 9.10. The average Bonchev–Trinajstić information content (AvgIpc) is 2.57. The standard InChI is InChI=1S/C12H13Br2N3/c1-7-12(14)8(2)17(16-7)10-4-3-9(6-15)11(13)5-10/h3-5H,6,15H2,1-2H3. The quantitative estimate of drug-likeness (QED) is 0.893. The van der Waals surface area contributed by atoms with Crippen LogP contribution in [0.1, 0.15) is 17.0 Å². The van der Waals surface area contributed by atoms with Gasteiger partial charge in [-0.1, -0.05) is 22.0 Å². The lowest BCUT2D eigenvalue weighted by Crippen LogP contribution is -2.02. The molecule has 0 bridgehead atoms. The van der Waals surface area contributed by atoms with Gasteiger partial charge in [0.25, 0.3) is 0 Å². The summed E-state index contributed by atoms with van der Waals surface area (Å²) < 4.78 is 3.99. The summed E-state index contributed by atoms with van der Waals surface area (Å²) in [4.78, 5) is 0. The maximum atomic E-state index is 5.64. The van der Waals surface area contributed by atoms with Crippen molar-refractivity contribution < 1.29 is 0 Å². The third-order valence-electron chi connectivity index (χ3n) is 2.70. The average molecular weight is 359 g/mol. The van der Waals surface area contributed by atoms with Gasteiger partial charge in [0.05, 0.1) is 21.5 Å². The molecule has 17 heavy (non-hydrogen) atoms. The fourth-order valence-corrected chi connectivity index (χ4v) is 2.48. The molecule has 1 aromatic heterocycles. The minimum absolute atomic E-state index is 0.529. The Kier molecular flexibility index (Phi) is 3.70. The molecule has 1 heterocycles. The van der Waals surface area contributed by atoms with Gasteiger partial charge in [0.1, 0.15) is 0 Å². The Labute approximate surface area is 117 Å². The van der Waals surface area contributed by atoms with E-state index in [1.165, 1.54) is 0 Å². The van der Waals surface area contributed by atoms with Gasteiger partial charge in [-0.2, -0.15) is 5.10 Å². The molecule has 0 saturated carbocycles. The molecule has 0 aliphatic carbocycles. The number of nitrogens with zero attached hydrogens (tertiary/aromatic N) is 2. The van der Waals surface area contributed by atoms with Crippen molar-refractivity contribution in [3.63, 3.8) is 0 Å². The Bertz CT molecular complexity index is 561. The predicted octanol–water partition coefficient (Wildman–Crippen LogP) is 3.47. The monoisotopic (exact) mass is 357 g/mol. The number of aromatic nitrogens is 2. The third-order valence-corrected chi connectivity index (χ3v) is 4.59. The van der Waals surface area contributed by atoms with E-state index in [4.69, 9.17) is 5.73 Å². The van der Waals surface area contributed by atoms with E-state index >= 15 is 0 Å². The molecule has 1 aromatic carbocycles. The Morgan fingerprint density at radius 2 is 2.00 bits per heavy atom. The smallest absolute Gasteiger partial charge is 0.0743 e. The lowest BCUT2D eigenvalue weighted by molar-refractivity contribution is 0.831. The SMILES string of the molecule is Cc1nn(-c2ccc(CN)c(Br)c2)c(C)c1Br. The molecule has 0 radical (unpaired) electrons. The summed E-state index contributed by atoms with van der Waals surface area (Å²) in [6.07, 6.45) is 0. The normalized spacial score (nSPS) is 10.9. The molecule has 0 spiro atoms. The molecule has 0 aliphatic heterocycles. The number of nitrogens with two attached hydrogens (primary N) is 1.